The molecule has 0 aliphatic heterocycles. The van der Waals surface area contributed by atoms with Crippen LogP contribution in [0.4, 0.5) is 0 Å². The van der Waals surface area contributed by atoms with Crippen LogP contribution in [-0.2, 0) is 15.9 Å². The number of hydrogen-bond donors (Lipinski definition) is 0. The van der Waals surface area contributed by atoms with Crippen molar-refractivity contribution in [2.75, 3.05) is 20.8 Å². The first-order valence-corrected chi connectivity index (χ1v) is 7.71. The van der Waals surface area contributed by atoms with Gasteiger partial charge in [0.1, 0.15) is 0 Å². The molecule has 0 heterocycles. The summed E-state index contributed by atoms with van der Waals surface area (Å²) in [6, 6.07) is 12.9. The molecule has 0 unspecified atom stereocenters. The van der Waals surface area contributed by atoms with E-state index in [1.807, 2.05) is 6.21 Å². The molecule has 22 heavy (non-hydrogen) atoms. The lowest BCUT2D eigenvalue weighted by molar-refractivity contribution is -0.0936. The van der Waals surface area contributed by atoms with Crippen molar-refractivity contribution in [3.05, 3.63) is 47.5 Å². The van der Waals surface area contributed by atoms with Gasteiger partial charge in [0.2, 0.25) is 0 Å². The average molecular weight is 299 g/mol. The van der Waals surface area contributed by atoms with Gasteiger partial charge in [-0.2, -0.15) is 0 Å². The summed E-state index contributed by atoms with van der Waals surface area (Å²) in [7, 11) is 3.25. The van der Waals surface area contributed by atoms with Gasteiger partial charge in [-0.1, -0.05) is 50.2 Å². The lowest BCUT2D eigenvalue weighted by Crippen LogP contribution is -2.16. The lowest BCUT2D eigenvalue weighted by Gasteiger charge is -2.12. The Morgan fingerprint density at radius 1 is 1.00 bits per heavy atom. The van der Waals surface area contributed by atoms with E-state index in [4.69, 9.17) is 9.47 Å². The van der Waals surface area contributed by atoms with Crippen molar-refractivity contribution in [3.8, 4) is 0 Å². The Labute approximate surface area is 133 Å². The summed E-state index contributed by atoms with van der Waals surface area (Å²) in [5.74, 6) is 0.645. The van der Waals surface area contributed by atoms with Crippen molar-refractivity contribution >= 4 is 17.0 Å². The van der Waals surface area contributed by atoms with Crippen LogP contribution in [0, 0.1) is 5.92 Å². The van der Waals surface area contributed by atoms with Crippen LogP contribution in [0.2, 0.25) is 0 Å². The number of nitrogens with zero attached hydrogens (tertiary/aromatic N) is 1. The van der Waals surface area contributed by atoms with Crippen molar-refractivity contribution < 1.29 is 9.47 Å². The third kappa shape index (κ3) is 4.15. The minimum atomic E-state index is -0.289. The molecule has 118 valence electrons. The molecular weight excluding hydrogens is 274 g/mol. The Balaban J connectivity index is 2.30. The zero-order valence-electron chi connectivity index (χ0n) is 13.9. The van der Waals surface area contributed by atoms with Crippen LogP contribution in [0.3, 0.4) is 0 Å². The molecule has 0 aliphatic carbocycles. The van der Waals surface area contributed by atoms with Gasteiger partial charge in [0, 0.05) is 26.0 Å². The fourth-order valence-corrected chi connectivity index (χ4v) is 2.60. The Kier molecular flexibility index (Phi) is 6.10. The molecule has 2 rings (SSSR count). The summed E-state index contributed by atoms with van der Waals surface area (Å²) in [6.45, 7) is 4.99. The highest BCUT2D eigenvalue weighted by atomic mass is 16.7. The van der Waals surface area contributed by atoms with Crippen molar-refractivity contribution in [1.29, 1.82) is 0 Å². The Morgan fingerprint density at radius 3 is 2.32 bits per heavy atom. The van der Waals surface area contributed by atoms with Gasteiger partial charge in [-0.3, -0.25) is 4.99 Å². The molecule has 0 N–H and O–H groups in total. The zero-order chi connectivity index (χ0) is 15.9. The van der Waals surface area contributed by atoms with Crippen LogP contribution < -0.4 is 0 Å². The number of ether oxygens (including phenoxy) is 2. The van der Waals surface area contributed by atoms with E-state index in [1.165, 1.54) is 16.3 Å². The molecule has 0 aliphatic rings. The van der Waals surface area contributed by atoms with Crippen molar-refractivity contribution in [3.63, 3.8) is 0 Å². The number of rotatable bonds is 7. The minimum Gasteiger partial charge on any atom is -0.354 e. The van der Waals surface area contributed by atoms with Crippen molar-refractivity contribution in [2.45, 2.75) is 26.6 Å². The van der Waals surface area contributed by atoms with Crippen LogP contribution >= 0.6 is 0 Å². The fraction of sp³-hybridized carbons (Fsp3) is 0.421. The smallest absolute Gasteiger partial charge is 0.176 e. The maximum absolute atomic E-state index is 5.15. The van der Waals surface area contributed by atoms with Crippen molar-refractivity contribution in [2.24, 2.45) is 10.9 Å². The molecule has 0 atom stereocenters. The lowest BCUT2D eigenvalue weighted by atomic mass is 9.94. The fourth-order valence-electron chi connectivity index (χ4n) is 2.60. The predicted octanol–water partition coefficient (Wildman–Crippen LogP) is 4.08. The minimum absolute atomic E-state index is 0.289. The van der Waals surface area contributed by atoms with E-state index in [-0.39, 0.29) is 6.29 Å². The number of benzene rings is 2. The molecule has 2 aromatic rings. The van der Waals surface area contributed by atoms with E-state index in [9.17, 15) is 0 Å². The number of aliphatic imine (C=N–C) groups is 1. The molecular formula is C19H25NO2. The highest BCUT2D eigenvalue weighted by molar-refractivity contribution is 6.01. The Bertz CT molecular complexity index is 630. The van der Waals surface area contributed by atoms with Gasteiger partial charge in [-0.15, -0.1) is 0 Å². The molecule has 0 amide bonds. The highest BCUT2D eigenvalue weighted by Gasteiger charge is 2.07. The number of fused-ring (bicyclic) bond motifs is 1. The van der Waals surface area contributed by atoms with Crippen LogP contribution in [0.5, 0.6) is 0 Å². The summed E-state index contributed by atoms with van der Waals surface area (Å²) in [6.07, 6.45) is 2.71. The van der Waals surface area contributed by atoms with Crippen LogP contribution in [0.25, 0.3) is 10.8 Å². The molecule has 3 nitrogen and oxygen atoms in total. The first-order valence-electron chi connectivity index (χ1n) is 7.71. The van der Waals surface area contributed by atoms with Crippen molar-refractivity contribution in [1.82, 2.24) is 0 Å². The highest BCUT2D eigenvalue weighted by Crippen LogP contribution is 2.24. The normalized spacial score (nSPS) is 12.1. The third-order valence-corrected chi connectivity index (χ3v) is 3.69. The average Bonchev–Trinajstić information content (AvgIpc) is 2.53. The maximum Gasteiger partial charge on any atom is 0.176 e. The van der Waals surface area contributed by atoms with E-state index >= 15 is 0 Å². The second-order valence-corrected chi connectivity index (χ2v) is 5.85. The van der Waals surface area contributed by atoms with E-state index < -0.39 is 0 Å². The largest absolute Gasteiger partial charge is 0.354 e. The molecule has 0 saturated carbocycles. The van der Waals surface area contributed by atoms with E-state index in [2.05, 4.69) is 55.2 Å². The molecule has 0 bridgehead atoms. The summed E-state index contributed by atoms with van der Waals surface area (Å²) in [5.41, 5.74) is 2.53. The van der Waals surface area contributed by atoms with Crippen LogP contribution in [0.1, 0.15) is 25.0 Å². The van der Waals surface area contributed by atoms with Gasteiger partial charge in [-0.25, -0.2) is 0 Å². The van der Waals surface area contributed by atoms with Gasteiger partial charge in [-0.05, 0) is 28.7 Å². The maximum atomic E-state index is 5.15. The number of methoxy groups -OCH3 is 2. The van der Waals surface area contributed by atoms with E-state index in [1.54, 1.807) is 14.2 Å². The molecule has 0 fully saturated rings. The molecule has 0 spiro atoms. The monoisotopic (exact) mass is 299 g/mol. The molecule has 3 heteroatoms. The predicted molar refractivity (Wildman–Crippen MR) is 92.8 cm³/mol. The van der Waals surface area contributed by atoms with E-state index in [0.29, 0.717) is 12.5 Å². The number of hydrogen-bond acceptors (Lipinski definition) is 3. The summed E-state index contributed by atoms with van der Waals surface area (Å²) >= 11 is 0. The third-order valence-electron chi connectivity index (χ3n) is 3.69. The van der Waals surface area contributed by atoms with Gasteiger partial charge in [0.05, 0.1) is 6.54 Å². The summed E-state index contributed by atoms with van der Waals surface area (Å²) in [5, 5.41) is 2.56. The first kappa shape index (κ1) is 16.7. The first-order chi connectivity index (χ1) is 10.7. The quantitative estimate of drug-likeness (QED) is 0.570. The van der Waals surface area contributed by atoms with E-state index in [0.717, 1.165) is 12.0 Å². The van der Waals surface area contributed by atoms with Crippen LogP contribution in [-0.4, -0.2) is 33.3 Å². The van der Waals surface area contributed by atoms with Crippen LogP contribution in [0.15, 0.2) is 41.4 Å². The standard InChI is InChI=1S/C19H25NO2/c1-14(2)11-15-9-10-16(12-20-13-19(21-3)22-4)18-8-6-5-7-17(15)18/h5-10,12,14,19H,11,13H2,1-4H3. The SMILES string of the molecule is COC(CN=Cc1ccc(CC(C)C)c2ccccc12)OC. The molecule has 2 aromatic carbocycles. The zero-order valence-corrected chi connectivity index (χ0v) is 13.9. The Morgan fingerprint density at radius 2 is 1.68 bits per heavy atom. The Hall–Kier alpha value is -1.71. The summed E-state index contributed by atoms with van der Waals surface area (Å²) in [4.78, 5) is 4.45. The molecule has 0 radical (unpaired) electrons. The van der Waals surface area contributed by atoms with Gasteiger partial charge in [0.25, 0.3) is 0 Å². The van der Waals surface area contributed by atoms with Gasteiger partial charge in [0.15, 0.2) is 6.29 Å². The topological polar surface area (TPSA) is 30.8 Å². The summed E-state index contributed by atoms with van der Waals surface area (Å²) < 4.78 is 10.3. The van der Waals surface area contributed by atoms with Gasteiger partial charge < -0.3 is 9.47 Å². The molecule has 0 aromatic heterocycles. The second kappa shape index (κ2) is 8.06. The molecule has 0 saturated heterocycles. The van der Waals surface area contributed by atoms with Gasteiger partial charge >= 0.3 is 0 Å². The second-order valence-electron chi connectivity index (χ2n) is 5.85.